The summed E-state index contributed by atoms with van der Waals surface area (Å²) < 4.78 is 4.32. The number of nitrogens with zero attached hydrogens (tertiary/aromatic N) is 4. The second-order valence-corrected chi connectivity index (χ2v) is 6.33. The monoisotopic (exact) mass is 340 g/mol. The Kier molecular flexibility index (Phi) is 3.96. The average molecular weight is 340 g/mol. The molecule has 2 amide bonds. The van der Waals surface area contributed by atoms with E-state index in [1.807, 2.05) is 41.3 Å². The fraction of sp³-hybridized carbons (Fsp3) is 0.250. The van der Waals surface area contributed by atoms with Gasteiger partial charge < -0.3 is 4.90 Å². The zero-order chi connectivity index (χ0) is 16.4. The molecule has 0 bridgehead atoms. The maximum absolute atomic E-state index is 12.6. The average Bonchev–Trinajstić information content (AvgIpc) is 3.36. The van der Waals surface area contributed by atoms with Crippen LogP contribution in [0.25, 0.3) is 11.4 Å². The minimum absolute atomic E-state index is 0.0361. The van der Waals surface area contributed by atoms with Crippen molar-refractivity contribution in [1.29, 1.82) is 0 Å². The van der Waals surface area contributed by atoms with Crippen molar-refractivity contribution in [1.82, 2.24) is 24.5 Å². The van der Waals surface area contributed by atoms with Crippen LogP contribution in [0.3, 0.4) is 0 Å². The number of carbonyl (C=O) groups is 1. The van der Waals surface area contributed by atoms with E-state index in [0.29, 0.717) is 11.0 Å². The number of amides is 2. The summed E-state index contributed by atoms with van der Waals surface area (Å²) in [4.78, 5) is 18.8. The van der Waals surface area contributed by atoms with E-state index >= 15 is 0 Å². The molecule has 1 saturated heterocycles. The van der Waals surface area contributed by atoms with Crippen LogP contribution in [0.1, 0.15) is 24.6 Å². The highest BCUT2D eigenvalue weighted by molar-refractivity contribution is 7.10. The third-order valence-corrected chi connectivity index (χ3v) is 4.70. The van der Waals surface area contributed by atoms with Crippen LogP contribution in [-0.2, 0) is 0 Å². The van der Waals surface area contributed by atoms with Gasteiger partial charge in [-0.1, -0.05) is 30.3 Å². The third-order valence-electron chi connectivity index (χ3n) is 4.07. The summed E-state index contributed by atoms with van der Waals surface area (Å²) >= 11 is 1.19. The highest BCUT2D eigenvalue weighted by Crippen LogP contribution is 2.31. The van der Waals surface area contributed by atoms with Crippen LogP contribution in [-0.4, -0.2) is 37.0 Å². The molecule has 1 fully saturated rings. The summed E-state index contributed by atoms with van der Waals surface area (Å²) in [5.74, 6) is 0.627. The Bertz CT molecular complexity index is 816. The van der Waals surface area contributed by atoms with Crippen LogP contribution in [0.2, 0.25) is 0 Å². The summed E-state index contributed by atoms with van der Waals surface area (Å²) in [5.41, 5.74) is 1.90. The van der Waals surface area contributed by atoms with Crippen molar-refractivity contribution in [2.24, 2.45) is 0 Å². The second-order valence-electron chi connectivity index (χ2n) is 5.58. The predicted octanol–water partition coefficient (Wildman–Crippen LogP) is 3.30. The number of carbonyl (C=O) groups excluding carboxylic acids is 1. The Morgan fingerprint density at radius 1 is 1.29 bits per heavy atom. The molecular weight excluding hydrogens is 324 g/mol. The summed E-state index contributed by atoms with van der Waals surface area (Å²) in [6.45, 7) is 0.722. The van der Waals surface area contributed by atoms with Gasteiger partial charge in [-0.15, -0.1) is 0 Å². The molecule has 7 nitrogen and oxygen atoms in total. The van der Waals surface area contributed by atoms with E-state index in [9.17, 15) is 4.79 Å². The predicted molar refractivity (Wildman–Crippen MR) is 91.6 cm³/mol. The standard InChI is InChI=1S/C16H16N6OS/c23-16(22-10-4-7-13(22)12-8-9-17-20-12)19-15-18-14(21-24-15)11-5-2-1-3-6-11/h1-3,5-6,8-9,13H,4,7,10H2,(H,17,20)(H,18,19,21,23)/t13-/m1/s1. The summed E-state index contributed by atoms with van der Waals surface area (Å²) in [7, 11) is 0. The highest BCUT2D eigenvalue weighted by atomic mass is 32.1. The van der Waals surface area contributed by atoms with Crippen molar-refractivity contribution in [3.8, 4) is 11.4 Å². The van der Waals surface area contributed by atoms with E-state index in [2.05, 4.69) is 24.9 Å². The van der Waals surface area contributed by atoms with E-state index < -0.39 is 0 Å². The van der Waals surface area contributed by atoms with Gasteiger partial charge in [0.25, 0.3) is 0 Å². The van der Waals surface area contributed by atoms with Crippen LogP contribution < -0.4 is 5.32 Å². The molecule has 2 N–H and O–H groups in total. The first-order valence-electron chi connectivity index (χ1n) is 7.77. The lowest BCUT2D eigenvalue weighted by atomic mass is 10.1. The highest BCUT2D eigenvalue weighted by Gasteiger charge is 2.31. The van der Waals surface area contributed by atoms with Gasteiger partial charge in [-0.05, 0) is 18.9 Å². The van der Waals surface area contributed by atoms with Gasteiger partial charge in [-0.2, -0.15) is 14.5 Å². The second kappa shape index (κ2) is 6.40. The lowest BCUT2D eigenvalue weighted by Crippen LogP contribution is -2.34. The molecule has 1 aromatic carbocycles. The first-order valence-corrected chi connectivity index (χ1v) is 8.54. The van der Waals surface area contributed by atoms with Gasteiger partial charge in [0.15, 0.2) is 5.82 Å². The lowest BCUT2D eigenvalue weighted by Gasteiger charge is -2.23. The van der Waals surface area contributed by atoms with Gasteiger partial charge in [0.2, 0.25) is 5.13 Å². The van der Waals surface area contributed by atoms with Gasteiger partial charge in [-0.25, -0.2) is 4.79 Å². The molecule has 0 radical (unpaired) electrons. The fourth-order valence-corrected chi connectivity index (χ4v) is 3.51. The first kappa shape index (κ1) is 14.8. The normalized spacial score (nSPS) is 17.2. The number of likely N-dealkylation sites (tertiary alicyclic amines) is 1. The van der Waals surface area contributed by atoms with E-state index in [0.717, 1.165) is 30.6 Å². The van der Waals surface area contributed by atoms with Gasteiger partial charge in [0, 0.05) is 29.8 Å². The van der Waals surface area contributed by atoms with Gasteiger partial charge >= 0.3 is 6.03 Å². The Morgan fingerprint density at radius 3 is 2.96 bits per heavy atom. The Labute approximate surface area is 142 Å². The molecule has 1 aliphatic rings. The number of hydrogen-bond donors (Lipinski definition) is 2. The van der Waals surface area contributed by atoms with E-state index in [1.54, 1.807) is 6.20 Å². The Morgan fingerprint density at radius 2 is 2.17 bits per heavy atom. The van der Waals surface area contributed by atoms with Crippen molar-refractivity contribution in [2.45, 2.75) is 18.9 Å². The molecule has 0 aliphatic carbocycles. The summed E-state index contributed by atoms with van der Waals surface area (Å²) in [6, 6.07) is 11.5. The van der Waals surface area contributed by atoms with E-state index in [-0.39, 0.29) is 12.1 Å². The topological polar surface area (TPSA) is 86.8 Å². The maximum atomic E-state index is 12.6. The molecule has 0 unspecified atom stereocenters. The number of nitrogens with one attached hydrogen (secondary N) is 2. The van der Waals surface area contributed by atoms with Crippen LogP contribution in [0.4, 0.5) is 9.93 Å². The van der Waals surface area contributed by atoms with Crippen LogP contribution in [0.15, 0.2) is 42.6 Å². The van der Waals surface area contributed by atoms with Gasteiger partial charge in [0.1, 0.15) is 0 Å². The minimum atomic E-state index is -0.150. The smallest absolute Gasteiger partial charge is 0.316 e. The minimum Gasteiger partial charge on any atom is -0.316 e. The van der Waals surface area contributed by atoms with Gasteiger partial charge in [0.05, 0.1) is 11.7 Å². The molecule has 0 saturated carbocycles. The van der Waals surface area contributed by atoms with Crippen molar-refractivity contribution in [2.75, 3.05) is 11.9 Å². The number of H-pyrrole nitrogens is 1. The van der Waals surface area contributed by atoms with Crippen molar-refractivity contribution in [3.63, 3.8) is 0 Å². The maximum Gasteiger partial charge on any atom is 0.324 e. The third kappa shape index (κ3) is 2.88. The number of aromatic amines is 1. The Hall–Kier alpha value is -2.74. The molecular formula is C16H16N6OS. The number of aromatic nitrogens is 4. The van der Waals surface area contributed by atoms with E-state index in [4.69, 9.17) is 0 Å². The first-order chi connectivity index (χ1) is 11.8. The molecule has 2 aromatic heterocycles. The quantitative estimate of drug-likeness (QED) is 0.766. The Balaban J connectivity index is 1.47. The summed E-state index contributed by atoms with van der Waals surface area (Å²) in [5, 5.41) is 10.3. The van der Waals surface area contributed by atoms with Crippen LogP contribution in [0.5, 0.6) is 0 Å². The molecule has 1 aliphatic heterocycles. The molecule has 8 heteroatoms. The number of urea groups is 1. The largest absolute Gasteiger partial charge is 0.324 e. The SMILES string of the molecule is O=C(Nc1nc(-c2ccccc2)ns1)N1CCC[C@@H]1c1ccn[nH]1. The van der Waals surface area contributed by atoms with Crippen LogP contribution >= 0.6 is 11.5 Å². The van der Waals surface area contributed by atoms with Gasteiger partial charge in [-0.3, -0.25) is 10.4 Å². The zero-order valence-corrected chi connectivity index (χ0v) is 13.7. The van der Waals surface area contributed by atoms with Crippen molar-refractivity contribution < 1.29 is 4.79 Å². The fourth-order valence-electron chi connectivity index (χ4n) is 2.93. The van der Waals surface area contributed by atoms with E-state index in [1.165, 1.54) is 11.5 Å². The molecule has 0 spiro atoms. The summed E-state index contributed by atoms with van der Waals surface area (Å²) in [6.07, 6.45) is 3.62. The molecule has 24 heavy (non-hydrogen) atoms. The molecule has 1 atom stereocenters. The number of hydrogen-bond acceptors (Lipinski definition) is 5. The molecule has 3 aromatic rings. The molecule has 4 rings (SSSR count). The van der Waals surface area contributed by atoms with Crippen molar-refractivity contribution in [3.05, 3.63) is 48.3 Å². The lowest BCUT2D eigenvalue weighted by molar-refractivity contribution is 0.206. The molecule has 3 heterocycles. The zero-order valence-electron chi connectivity index (χ0n) is 12.8. The van der Waals surface area contributed by atoms with Crippen molar-refractivity contribution >= 4 is 22.7 Å². The van der Waals surface area contributed by atoms with Crippen LogP contribution in [0, 0.1) is 0 Å². The number of rotatable bonds is 3. The number of benzene rings is 1. The number of anilines is 1. The molecule has 122 valence electrons.